The van der Waals surface area contributed by atoms with E-state index in [-0.39, 0.29) is 5.56 Å². The van der Waals surface area contributed by atoms with E-state index in [9.17, 15) is 8.78 Å². The lowest BCUT2D eigenvalue weighted by molar-refractivity contribution is 0.151. The molecule has 1 aromatic carbocycles. The van der Waals surface area contributed by atoms with Crippen LogP contribution < -0.4 is 5.32 Å². The van der Waals surface area contributed by atoms with E-state index in [0.717, 1.165) is 11.1 Å². The van der Waals surface area contributed by atoms with Crippen LogP contribution >= 0.6 is 11.6 Å². The van der Waals surface area contributed by atoms with Gasteiger partial charge in [0.05, 0.1) is 0 Å². The summed E-state index contributed by atoms with van der Waals surface area (Å²) in [5.41, 5.74) is 1.69. The lowest BCUT2D eigenvalue weighted by Gasteiger charge is -2.11. The molecule has 2 rings (SSSR count). The predicted octanol–water partition coefficient (Wildman–Crippen LogP) is 4.55. The number of hydrogen-bond donors (Lipinski definition) is 1. The van der Waals surface area contributed by atoms with E-state index in [1.165, 1.54) is 12.1 Å². The molecule has 112 valence electrons. The summed E-state index contributed by atoms with van der Waals surface area (Å²) in [7, 11) is 0. The quantitative estimate of drug-likeness (QED) is 0.823. The van der Waals surface area contributed by atoms with Crippen LogP contribution in [0.5, 0.6) is 0 Å². The van der Waals surface area contributed by atoms with Gasteiger partial charge in [0.2, 0.25) is 0 Å². The van der Waals surface area contributed by atoms with Crippen molar-refractivity contribution in [3.63, 3.8) is 0 Å². The van der Waals surface area contributed by atoms with Gasteiger partial charge in [0.15, 0.2) is 0 Å². The molecule has 0 unspecified atom stereocenters. The molecular weight excluding hydrogens is 296 g/mol. The van der Waals surface area contributed by atoms with Crippen molar-refractivity contribution in [2.45, 2.75) is 33.2 Å². The Hall–Kier alpha value is -1.75. The molecule has 0 fully saturated rings. The van der Waals surface area contributed by atoms with Crippen LogP contribution in [0.2, 0.25) is 5.15 Å². The monoisotopic (exact) mass is 311 g/mol. The second-order valence-corrected chi connectivity index (χ2v) is 5.01. The Kier molecular flexibility index (Phi) is 5.07. The molecule has 1 heterocycles. The Morgan fingerprint density at radius 3 is 2.43 bits per heavy atom. The molecule has 0 amide bonds. The molecular formula is C15H16ClF2N3. The topological polar surface area (TPSA) is 37.8 Å². The zero-order valence-corrected chi connectivity index (χ0v) is 12.6. The Balaban J connectivity index is 2.10. The van der Waals surface area contributed by atoms with E-state index in [2.05, 4.69) is 15.3 Å². The second-order valence-electron chi connectivity index (χ2n) is 4.65. The third kappa shape index (κ3) is 3.88. The van der Waals surface area contributed by atoms with Gasteiger partial charge < -0.3 is 5.32 Å². The minimum atomic E-state index is -2.44. The molecule has 2 aromatic rings. The van der Waals surface area contributed by atoms with Gasteiger partial charge in [-0.05, 0) is 12.5 Å². The van der Waals surface area contributed by atoms with Crippen molar-refractivity contribution in [3.05, 3.63) is 51.9 Å². The SMILES string of the molecule is CCc1nc(Cl)c(C)c(NCc2ccc(C(F)F)cc2)n1. The fourth-order valence-electron chi connectivity index (χ4n) is 1.83. The van der Waals surface area contributed by atoms with E-state index in [0.29, 0.717) is 29.8 Å². The van der Waals surface area contributed by atoms with Crippen molar-refractivity contribution in [1.29, 1.82) is 0 Å². The Bertz CT molecular complexity index is 615. The van der Waals surface area contributed by atoms with Crippen LogP contribution in [0.3, 0.4) is 0 Å². The van der Waals surface area contributed by atoms with Crippen molar-refractivity contribution in [3.8, 4) is 0 Å². The lowest BCUT2D eigenvalue weighted by atomic mass is 10.1. The van der Waals surface area contributed by atoms with Gasteiger partial charge in [-0.2, -0.15) is 0 Å². The Morgan fingerprint density at radius 2 is 1.86 bits per heavy atom. The number of hydrogen-bond acceptors (Lipinski definition) is 3. The normalized spacial score (nSPS) is 11.0. The molecule has 0 radical (unpaired) electrons. The van der Waals surface area contributed by atoms with E-state index in [1.54, 1.807) is 12.1 Å². The number of nitrogens with one attached hydrogen (secondary N) is 1. The minimum Gasteiger partial charge on any atom is -0.366 e. The van der Waals surface area contributed by atoms with Crippen molar-refractivity contribution >= 4 is 17.4 Å². The predicted molar refractivity (Wildman–Crippen MR) is 79.9 cm³/mol. The molecule has 0 aliphatic rings. The highest BCUT2D eigenvalue weighted by Crippen LogP contribution is 2.22. The molecule has 0 atom stereocenters. The smallest absolute Gasteiger partial charge is 0.263 e. The molecule has 1 aromatic heterocycles. The highest BCUT2D eigenvalue weighted by molar-refractivity contribution is 6.30. The summed E-state index contributed by atoms with van der Waals surface area (Å²) >= 11 is 6.06. The first-order chi connectivity index (χ1) is 10.0. The number of nitrogens with zero attached hydrogens (tertiary/aromatic N) is 2. The first-order valence-corrected chi connectivity index (χ1v) is 7.03. The van der Waals surface area contributed by atoms with Crippen LogP contribution in [0.25, 0.3) is 0 Å². The Morgan fingerprint density at radius 1 is 1.19 bits per heavy atom. The van der Waals surface area contributed by atoms with Gasteiger partial charge in [-0.1, -0.05) is 42.8 Å². The average Bonchev–Trinajstić information content (AvgIpc) is 2.49. The van der Waals surface area contributed by atoms with Gasteiger partial charge >= 0.3 is 0 Å². The third-order valence-corrected chi connectivity index (χ3v) is 3.51. The molecule has 1 N–H and O–H groups in total. The van der Waals surface area contributed by atoms with Gasteiger partial charge in [-0.15, -0.1) is 0 Å². The molecule has 0 bridgehead atoms. The number of rotatable bonds is 5. The molecule has 0 saturated heterocycles. The van der Waals surface area contributed by atoms with Crippen LogP contribution in [0.4, 0.5) is 14.6 Å². The average molecular weight is 312 g/mol. The molecule has 6 heteroatoms. The van der Waals surface area contributed by atoms with Gasteiger partial charge in [0.1, 0.15) is 16.8 Å². The largest absolute Gasteiger partial charge is 0.366 e. The molecule has 0 spiro atoms. The standard InChI is InChI=1S/C15H16ClF2N3/c1-3-12-20-13(16)9(2)15(21-12)19-8-10-4-6-11(7-5-10)14(17)18/h4-7,14H,3,8H2,1-2H3,(H,19,20,21). The summed E-state index contributed by atoms with van der Waals surface area (Å²) in [6, 6.07) is 6.21. The Labute approximate surface area is 127 Å². The van der Waals surface area contributed by atoms with Gasteiger partial charge in [0.25, 0.3) is 6.43 Å². The summed E-state index contributed by atoms with van der Waals surface area (Å²) < 4.78 is 25.0. The highest BCUT2D eigenvalue weighted by Gasteiger charge is 2.09. The zero-order valence-electron chi connectivity index (χ0n) is 11.8. The van der Waals surface area contributed by atoms with Crippen LogP contribution in [0.1, 0.15) is 35.9 Å². The summed E-state index contributed by atoms with van der Waals surface area (Å²) in [5.74, 6) is 1.34. The van der Waals surface area contributed by atoms with Gasteiger partial charge in [-0.25, -0.2) is 18.7 Å². The maximum atomic E-state index is 12.5. The molecule has 21 heavy (non-hydrogen) atoms. The maximum Gasteiger partial charge on any atom is 0.263 e. The van der Waals surface area contributed by atoms with E-state index in [4.69, 9.17) is 11.6 Å². The lowest BCUT2D eigenvalue weighted by Crippen LogP contribution is -2.07. The van der Waals surface area contributed by atoms with Crippen molar-refractivity contribution in [2.75, 3.05) is 5.32 Å². The van der Waals surface area contributed by atoms with Crippen molar-refractivity contribution in [2.24, 2.45) is 0 Å². The summed E-state index contributed by atoms with van der Waals surface area (Å²) in [6.45, 7) is 4.28. The fraction of sp³-hybridized carbons (Fsp3) is 0.333. The maximum absolute atomic E-state index is 12.5. The third-order valence-electron chi connectivity index (χ3n) is 3.14. The molecule has 0 saturated carbocycles. The number of aryl methyl sites for hydroxylation is 1. The summed E-state index contributed by atoms with van der Waals surface area (Å²) in [6.07, 6.45) is -1.75. The molecule has 0 aliphatic heterocycles. The second kappa shape index (κ2) is 6.80. The first-order valence-electron chi connectivity index (χ1n) is 6.65. The van der Waals surface area contributed by atoms with Gasteiger partial charge in [-0.3, -0.25) is 0 Å². The van der Waals surface area contributed by atoms with Crippen molar-refractivity contribution in [1.82, 2.24) is 9.97 Å². The van der Waals surface area contributed by atoms with Crippen LogP contribution in [-0.2, 0) is 13.0 Å². The molecule has 3 nitrogen and oxygen atoms in total. The number of halogens is 3. The van der Waals surface area contributed by atoms with E-state index >= 15 is 0 Å². The van der Waals surface area contributed by atoms with E-state index < -0.39 is 6.43 Å². The fourth-order valence-corrected chi connectivity index (χ4v) is 2.02. The number of aromatic nitrogens is 2. The number of alkyl halides is 2. The molecule has 0 aliphatic carbocycles. The van der Waals surface area contributed by atoms with E-state index in [1.807, 2.05) is 13.8 Å². The van der Waals surface area contributed by atoms with Gasteiger partial charge in [0, 0.05) is 24.1 Å². The minimum absolute atomic E-state index is 0.0216. The van der Waals surface area contributed by atoms with Crippen molar-refractivity contribution < 1.29 is 8.78 Å². The number of anilines is 1. The first kappa shape index (κ1) is 15.6. The summed E-state index contributed by atoms with van der Waals surface area (Å²) in [4.78, 5) is 8.55. The highest BCUT2D eigenvalue weighted by atomic mass is 35.5. The van der Waals surface area contributed by atoms with Crippen LogP contribution in [0.15, 0.2) is 24.3 Å². The van der Waals surface area contributed by atoms with Crippen LogP contribution in [-0.4, -0.2) is 9.97 Å². The zero-order chi connectivity index (χ0) is 15.4. The summed E-state index contributed by atoms with van der Waals surface area (Å²) in [5, 5.41) is 3.60. The van der Waals surface area contributed by atoms with Crippen LogP contribution in [0, 0.1) is 6.92 Å². The number of benzene rings is 1.